The molecule has 0 bridgehead atoms. The predicted octanol–water partition coefficient (Wildman–Crippen LogP) is 3.16. The minimum absolute atomic E-state index is 0.00698. The van der Waals surface area contributed by atoms with Crippen LogP contribution in [0, 0.1) is 0 Å². The number of hydrogen-bond donors (Lipinski definition) is 1. The van der Waals surface area contributed by atoms with Crippen molar-refractivity contribution in [3.8, 4) is 46.0 Å². The number of benzene rings is 1. The van der Waals surface area contributed by atoms with E-state index in [9.17, 15) is 9.90 Å². The summed E-state index contributed by atoms with van der Waals surface area (Å²) in [6.07, 6.45) is 4.10. The molecular formula is C26H23N7O6. The van der Waals surface area contributed by atoms with Crippen molar-refractivity contribution in [3.63, 3.8) is 0 Å². The maximum absolute atomic E-state index is 13.1. The van der Waals surface area contributed by atoms with Crippen LogP contribution in [0.1, 0.15) is 24.0 Å². The number of allylic oxidation sites excluding steroid dienone is 1. The first kappa shape index (κ1) is 25.3. The molecule has 39 heavy (non-hydrogen) atoms. The van der Waals surface area contributed by atoms with E-state index in [1.165, 1.54) is 18.8 Å². The van der Waals surface area contributed by atoms with Crippen molar-refractivity contribution in [2.24, 2.45) is 0 Å². The Bertz CT molecular complexity index is 1650. The van der Waals surface area contributed by atoms with E-state index in [0.29, 0.717) is 41.5 Å². The lowest BCUT2D eigenvalue weighted by Crippen LogP contribution is -2.20. The zero-order valence-corrected chi connectivity index (χ0v) is 21.1. The molecule has 0 saturated heterocycles. The molecule has 13 nitrogen and oxygen atoms in total. The van der Waals surface area contributed by atoms with E-state index < -0.39 is 11.4 Å². The Balaban J connectivity index is 1.56. The van der Waals surface area contributed by atoms with Crippen molar-refractivity contribution >= 4 is 0 Å². The molecule has 1 aromatic carbocycles. The molecule has 0 aliphatic carbocycles. The minimum atomic E-state index is -0.748. The Morgan fingerprint density at radius 3 is 2.54 bits per heavy atom. The molecule has 0 saturated carbocycles. The Morgan fingerprint density at radius 2 is 1.85 bits per heavy atom. The first-order chi connectivity index (χ1) is 19.0. The third kappa shape index (κ3) is 4.97. The van der Waals surface area contributed by atoms with Crippen molar-refractivity contribution in [2.45, 2.75) is 19.3 Å². The summed E-state index contributed by atoms with van der Waals surface area (Å²) in [4.78, 5) is 25.8. The zero-order chi connectivity index (χ0) is 27.4. The molecule has 198 valence electrons. The molecule has 0 aliphatic heterocycles. The number of para-hydroxylation sites is 1. The molecule has 0 fully saturated rings. The van der Waals surface area contributed by atoms with Gasteiger partial charge in [0.1, 0.15) is 35.1 Å². The summed E-state index contributed by atoms with van der Waals surface area (Å²) in [7, 11) is 2.97. The second kappa shape index (κ2) is 11.0. The van der Waals surface area contributed by atoms with E-state index in [1.54, 1.807) is 48.7 Å². The van der Waals surface area contributed by atoms with Gasteiger partial charge >= 0.3 is 0 Å². The number of methoxy groups -OCH3 is 2. The van der Waals surface area contributed by atoms with Crippen LogP contribution in [0.15, 0.2) is 69.0 Å². The van der Waals surface area contributed by atoms with Gasteiger partial charge in [-0.2, -0.15) is 9.97 Å². The first-order valence-corrected chi connectivity index (χ1v) is 11.8. The zero-order valence-electron chi connectivity index (χ0n) is 21.1. The molecule has 0 aliphatic rings. The lowest BCUT2D eigenvalue weighted by atomic mass is 10.2. The lowest BCUT2D eigenvalue weighted by Gasteiger charge is -2.20. The summed E-state index contributed by atoms with van der Waals surface area (Å²) < 4.78 is 23.4. The number of ether oxygens (including phenoxy) is 2. The third-order valence-electron chi connectivity index (χ3n) is 5.68. The van der Waals surface area contributed by atoms with E-state index in [2.05, 4.69) is 36.9 Å². The number of aromatic hydroxyl groups is 1. The van der Waals surface area contributed by atoms with Gasteiger partial charge in [-0.05, 0) is 30.7 Å². The van der Waals surface area contributed by atoms with Crippen molar-refractivity contribution in [1.29, 1.82) is 0 Å². The number of hydrogen-bond acceptors (Lipinski definition) is 12. The van der Waals surface area contributed by atoms with E-state index in [1.807, 2.05) is 0 Å². The molecule has 4 heterocycles. The summed E-state index contributed by atoms with van der Waals surface area (Å²) in [6.45, 7) is 3.73. The van der Waals surface area contributed by atoms with E-state index >= 15 is 0 Å². The summed E-state index contributed by atoms with van der Waals surface area (Å²) in [5.41, 5.74) is -0.148. The standard InChI is InChI=1S/C26H23N7O6/c1-4-5-12-18-28-24(34)21(26(35)33(18)22-16(36-2)10-8-11-17(22)37-3)25-31-30-20(38-25)14-19-29-23(32-39-19)15-9-6-7-13-27-15/h4,6-11,13,35H,1,5,12,14H2,2-3H3. The van der Waals surface area contributed by atoms with Crippen LogP contribution in [0.3, 0.4) is 0 Å². The number of aryl methyl sites for hydroxylation is 1. The van der Waals surface area contributed by atoms with Gasteiger partial charge in [-0.1, -0.05) is 23.4 Å². The van der Waals surface area contributed by atoms with Gasteiger partial charge in [0.15, 0.2) is 5.56 Å². The number of nitrogens with zero attached hydrogens (tertiary/aromatic N) is 7. The largest absolute Gasteiger partial charge is 0.494 e. The van der Waals surface area contributed by atoms with Crippen LogP contribution in [-0.2, 0) is 12.8 Å². The molecule has 0 unspecified atom stereocenters. The second-order valence-corrected chi connectivity index (χ2v) is 8.11. The molecular weight excluding hydrogens is 506 g/mol. The average Bonchev–Trinajstić information content (AvgIpc) is 3.62. The third-order valence-corrected chi connectivity index (χ3v) is 5.68. The smallest absolute Gasteiger partial charge is 0.289 e. The van der Waals surface area contributed by atoms with Gasteiger partial charge in [0.2, 0.25) is 23.5 Å². The van der Waals surface area contributed by atoms with Gasteiger partial charge in [-0.25, -0.2) is 0 Å². The van der Waals surface area contributed by atoms with Crippen LogP contribution in [0.2, 0.25) is 0 Å². The van der Waals surface area contributed by atoms with E-state index in [0.717, 1.165) is 0 Å². The van der Waals surface area contributed by atoms with Gasteiger partial charge in [-0.3, -0.25) is 14.3 Å². The molecule has 5 rings (SSSR count). The van der Waals surface area contributed by atoms with Gasteiger partial charge in [0, 0.05) is 12.6 Å². The van der Waals surface area contributed by atoms with E-state index in [4.69, 9.17) is 18.4 Å². The quantitative estimate of drug-likeness (QED) is 0.263. The highest BCUT2D eigenvalue weighted by molar-refractivity contribution is 5.65. The van der Waals surface area contributed by atoms with Crippen molar-refractivity contribution in [1.82, 2.24) is 34.9 Å². The summed E-state index contributed by atoms with van der Waals surface area (Å²) in [5.74, 6) is 0.901. The molecule has 0 atom stereocenters. The maximum atomic E-state index is 13.1. The van der Waals surface area contributed by atoms with Gasteiger partial charge in [0.05, 0.1) is 14.2 Å². The topological polar surface area (TPSA) is 164 Å². The minimum Gasteiger partial charge on any atom is -0.494 e. The van der Waals surface area contributed by atoms with Crippen molar-refractivity contribution in [2.75, 3.05) is 14.2 Å². The fourth-order valence-electron chi connectivity index (χ4n) is 3.91. The number of rotatable bonds is 10. The van der Waals surface area contributed by atoms with Crippen LogP contribution < -0.4 is 15.0 Å². The van der Waals surface area contributed by atoms with Gasteiger partial charge in [-0.15, -0.1) is 16.8 Å². The summed E-state index contributed by atoms with van der Waals surface area (Å²) in [5, 5.41) is 23.3. The Hall–Kier alpha value is -5.33. The second-order valence-electron chi connectivity index (χ2n) is 8.11. The summed E-state index contributed by atoms with van der Waals surface area (Å²) >= 11 is 0. The molecule has 0 radical (unpaired) electrons. The van der Waals surface area contributed by atoms with Crippen LogP contribution in [0.25, 0.3) is 28.7 Å². The Labute approximate surface area is 221 Å². The molecule has 4 aromatic heterocycles. The van der Waals surface area contributed by atoms with Crippen molar-refractivity contribution < 1.29 is 23.5 Å². The summed E-state index contributed by atoms with van der Waals surface area (Å²) in [6, 6.07) is 10.5. The number of pyridine rings is 1. The van der Waals surface area contributed by atoms with Crippen LogP contribution in [0.5, 0.6) is 17.4 Å². The number of aromatic nitrogens is 7. The SMILES string of the molecule is C=CCCc1nc(=O)c(-c2nnc(Cc3nc(-c4ccccn4)no3)o2)c(O)n1-c1c(OC)cccc1OC. The van der Waals surface area contributed by atoms with E-state index in [-0.39, 0.29) is 35.5 Å². The lowest BCUT2D eigenvalue weighted by molar-refractivity contribution is 0.372. The highest BCUT2D eigenvalue weighted by Gasteiger charge is 2.27. The van der Waals surface area contributed by atoms with Crippen molar-refractivity contribution in [3.05, 3.63) is 83.2 Å². The highest BCUT2D eigenvalue weighted by atomic mass is 16.5. The molecule has 0 amide bonds. The van der Waals surface area contributed by atoms with Crippen LogP contribution in [0.4, 0.5) is 0 Å². The molecule has 0 spiro atoms. The predicted molar refractivity (Wildman–Crippen MR) is 137 cm³/mol. The molecule has 1 N–H and O–H groups in total. The Kier molecular flexibility index (Phi) is 7.12. The van der Waals surface area contributed by atoms with Crippen LogP contribution in [-0.4, -0.2) is 54.2 Å². The monoisotopic (exact) mass is 529 g/mol. The fourth-order valence-corrected chi connectivity index (χ4v) is 3.91. The normalized spacial score (nSPS) is 10.9. The average molecular weight is 530 g/mol. The van der Waals surface area contributed by atoms with Crippen LogP contribution >= 0.6 is 0 Å². The first-order valence-electron chi connectivity index (χ1n) is 11.8. The fraction of sp³-hybridized carbons (Fsp3) is 0.192. The highest BCUT2D eigenvalue weighted by Crippen LogP contribution is 2.38. The maximum Gasteiger partial charge on any atom is 0.289 e. The molecule has 5 aromatic rings. The Morgan fingerprint density at radius 1 is 1.05 bits per heavy atom. The molecule has 13 heteroatoms. The van der Waals surface area contributed by atoms with Gasteiger partial charge in [0.25, 0.3) is 11.4 Å². The van der Waals surface area contributed by atoms with Gasteiger partial charge < -0.3 is 23.5 Å².